The van der Waals surface area contributed by atoms with Crippen LogP contribution in [0.1, 0.15) is 32.3 Å². The first-order valence-electron chi connectivity index (χ1n) is 6.20. The summed E-state index contributed by atoms with van der Waals surface area (Å²) in [6, 6.07) is 8.79. The van der Waals surface area contributed by atoms with E-state index in [2.05, 4.69) is 6.92 Å². The van der Waals surface area contributed by atoms with Gasteiger partial charge in [0.05, 0.1) is 12.7 Å². The van der Waals surface area contributed by atoms with Gasteiger partial charge < -0.3 is 15.6 Å². The Kier molecular flexibility index (Phi) is 5.31. The Balaban J connectivity index is 2.79. The highest BCUT2D eigenvalue weighted by atomic mass is 16.5. The molecule has 4 heteroatoms. The molecule has 100 valence electrons. The summed E-state index contributed by atoms with van der Waals surface area (Å²) in [4.78, 5) is 11.4. The number of aliphatic carboxylic acids is 1. The van der Waals surface area contributed by atoms with Gasteiger partial charge in [0.15, 0.2) is 5.54 Å². The number of benzene rings is 1. The van der Waals surface area contributed by atoms with Crippen LogP contribution >= 0.6 is 0 Å². The van der Waals surface area contributed by atoms with Crippen LogP contribution in [0.2, 0.25) is 0 Å². The molecular weight excluding hydrogens is 230 g/mol. The summed E-state index contributed by atoms with van der Waals surface area (Å²) < 4.78 is 5.56. The van der Waals surface area contributed by atoms with Gasteiger partial charge in [-0.1, -0.05) is 43.7 Å². The first kappa shape index (κ1) is 14.7. The van der Waals surface area contributed by atoms with E-state index in [1.165, 1.54) is 0 Å². The normalized spacial score (nSPS) is 15.9. The fraction of sp³-hybridized carbons (Fsp3) is 0.500. The number of carbonyl (C=O) groups is 1. The summed E-state index contributed by atoms with van der Waals surface area (Å²) in [5, 5.41) is 9.32. The molecule has 4 nitrogen and oxygen atoms in total. The van der Waals surface area contributed by atoms with E-state index in [1.54, 1.807) is 24.3 Å². The van der Waals surface area contributed by atoms with Gasteiger partial charge in [0.25, 0.3) is 0 Å². The fourth-order valence-corrected chi connectivity index (χ4v) is 1.77. The molecule has 0 amide bonds. The van der Waals surface area contributed by atoms with Crippen molar-refractivity contribution in [1.29, 1.82) is 0 Å². The largest absolute Gasteiger partial charge is 0.480 e. The summed E-state index contributed by atoms with van der Waals surface area (Å²) in [5.41, 5.74) is 5.06. The van der Waals surface area contributed by atoms with Gasteiger partial charge in [-0.2, -0.15) is 0 Å². The Morgan fingerprint density at radius 1 is 1.44 bits per heavy atom. The van der Waals surface area contributed by atoms with Crippen molar-refractivity contribution in [2.75, 3.05) is 6.61 Å². The molecule has 1 aromatic carbocycles. The van der Waals surface area contributed by atoms with E-state index in [4.69, 9.17) is 10.5 Å². The summed E-state index contributed by atoms with van der Waals surface area (Å²) in [5.74, 6) is -1.07. The lowest BCUT2D eigenvalue weighted by molar-refractivity contribution is -0.147. The molecule has 1 aromatic rings. The van der Waals surface area contributed by atoms with Crippen molar-refractivity contribution in [3.63, 3.8) is 0 Å². The number of rotatable bonds is 7. The molecule has 2 atom stereocenters. The lowest BCUT2D eigenvalue weighted by atomic mass is 9.92. The third kappa shape index (κ3) is 3.55. The van der Waals surface area contributed by atoms with Crippen LogP contribution in [0.5, 0.6) is 0 Å². The van der Waals surface area contributed by atoms with Gasteiger partial charge in [-0.3, -0.25) is 0 Å². The van der Waals surface area contributed by atoms with Crippen molar-refractivity contribution in [3.05, 3.63) is 35.9 Å². The maximum atomic E-state index is 11.4. The Morgan fingerprint density at radius 2 is 2.06 bits per heavy atom. The molecule has 0 aliphatic carbocycles. The highest BCUT2D eigenvalue weighted by molar-refractivity contribution is 5.80. The Labute approximate surface area is 108 Å². The lowest BCUT2D eigenvalue weighted by Crippen LogP contribution is -2.49. The Morgan fingerprint density at radius 3 is 2.56 bits per heavy atom. The number of carboxylic acid groups (broad SMARTS) is 1. The molecule has 0 saturated carbocycles. The topological polar surface area (TPSA) is 72.5 Å². The SMILES string of the molecule is CCCC(C)OCC(N)(C(=O)O)c1ccccc1. The zero-order chi connectivity index (χ0) is 13.6. The van der Waals surface area contributed by atoms with Crippen LogP contribution in [0.3, 0.4) is 0 Å². The monoisotopic (exact) mass is 251 g/mol. The number of hydrogen-bond acceptors (Lipinski definition) is 3. The van der Waals surface area contributed by atoms with Crippen LogP contribution in [-0.4, -0.2) is 23.8 Å². The van der Waals surface area contributed by atoms with E-state index in [0.29, 0.717) is 5.56 Å². The van der Waals surface area contributed by atoms with Gasteiger partial charge in [-0.15, -0.1) is 0 Å². The molecule has 0 bridgehead atoms. The summed E-state index contributed by atoms with van der Waals surface area (Å²) in [6.45, 7) is 3.97. The molecule has 0 aliphatic rings. The second-order valence-electron chi connectivity index (χ2n) is 4.55. The van der Waals surface area contributed by atoms with Gasteiger partial charge >= 0.3 is 5.97 Å². The van der Waals surface area contributed by atoms with Gasteiger partial charge in [0.1, 0.15) is 0 Å². The number of hydrogen-bond donors (Lipinski definition) is 2. The predicted molar refractivity (Wildman–Crippen MR) is 70.3 cm³/mol. The maximum Gasteiger partial charge on any atom is 0.330 e. The van der Waals surface area contributed by atoms with Crippen molar-refractivity contribution in [2.24, 2.45) is 5.73 Å². The third-order valence-corrected chi connectivity index (χ3v) is 2.96. The zero-order valence-electron chi connectivity index (χ0n) is 10.9. The molecule has 2 unspecified atom stereocenters. The number of carboxylic acids is 1. The lowest BCUT2D eigenvalue weighted by Gasteiger charge is -2.26. The molecule has 1 rings (SSSR count). The molecule has 0 heterocycles. The zero-order valence-corrected chi connectivity index (χ0v) is 10.9. The molecule has 0 spiro atoms. The molecular formula is C14H21NO3. The molecule has 0 radical (unpaired) electrons. The van der Waals surface area contributed by atoms with Crippen molar-refractivity contribution < 1.29 is 14.6 Å². The van der Waals surface area contributed by atoms with Crippen molar-refractivity contribution in [2.45, 2.75) is 38.3 Å². The van der Waals surface area contributed by atoms with Crippen LogP contribution < -0.4 is 5.73 Å². The van der Waals surface area contributed by atoms with Gasteiger partial charge in [-0.25, -0.2) is 4.79 Å². The van der Waals surface area contributed by atoms with Gasteiger partial charge in [-0.05, 0) is 18.9 Å². The van der Waals surface area contributed by atoms with E-state index in [0.717, 1.165) is 12.8 Å². The van der Waals surface area contributed by atoms with Crippen LogP contribution in [0.25, 0.3) is 0 Å². The van der Waals surface area contributed by atoms with Crippen LogP contribution in [0.4, 0.5) is 0 Å². The average Bonchev–Trinajstić information content (AvgIpc) is 2.37. The Hall–Kier alpha value is -1.39. The third-order valence-electron chi connectivity index (χ3n) is 2.96. The first-order valence-corrected chi connectivity index (χ1v) is 6.20. The highest BCUT2D eigenvalue weighted by Crippen LogP contribution is 2.20. The summed E-state index contributed by atoms with van der Waals surface area (Å²) in [7, 11) is 0. The minimum Gasteiger partial charge on any atom is -0.480 e. The van der Waals surface area contributed by atoms with Crippen molar-refractivity contribution in [1.82, 2.24) is 0 Å². The number of nitrogens with two attached hydrogens (primary N) is 1. The molecule has 0 aliphatic heterocycles. The fourth-order valence-electron chi connectivity index (χ4n) is 1.77. The van der Waals surface area contributed by atoms with Crippen LogP contribution in [-0.2, 0) is 15.1 Å². The predicted octanol–water partition coefficient (Wildman–Crippen LogP) is 2.13. The maximum absolute atomic E-state index is 11.4. The standard InChI is InChI=1S/C14H21NO3/c1-3-7-11(2)18-10-14(15,13(16)17)12-8-5-4-6-9-12/h4-6,8-9,11H,3,7,10,15H2,1-2H3,(H,16,17). The first-order chi connectivity index (χ1) is 8.50. The molecule has 3 N–H and O–H groups in total. The van der Waals surface area contributed by atoms with Crippen molar-refractivity contribution >= 4 is 5.97 Å². The smallest absolute Gasteiger partial charge is 0.330 e. The van der Waals surface area contributed by atoms with Gasteiger partial charge in [0, 0.05) is 0 Å². The second kappa shape index (κ2) is 6.52. The second-order valence-corrected chi connectivity index (χ2v) is 4.55. The minimum absolute atomic E-state index is 0.0148. The van der Waals surface area contributed by atoms with Crippen molar-refractivity contribution in [3.8, 4) is 0 Å². The average molecular weight is 251 g/mol. The minimum atomic E-state index is -1.48. The van der Waals surface area contributed by atoms with Crippen LogP contribution in [0.15, 0.2) is 30.3 Å². The van der Waals surface area contributed by atoms with E-state index >= 15 is 0 Å². The van der Waals surface area contributed by atoms with E-state index < -0.39 is 11.5 Å². The van der Waals surface area contributed by atoms with Crippen LogP contribution in [0, 0.1) is 0 Å². The summed E-state index contributed by atoms with van der Waals surface area (Å²) >= 11 is 0. The van der Waals surface area contributed by atoms with E-state index in [9.17, 15) is 9.90 Å². The molecule has 0 fully saturated rings. The Bertz CT molecular complexity index is 380. The summed E-state index contributed by atoms with van der Waals surface area (Å²) in [6.07, 6.45) is 1.91. The van der Waals surface area contributed by atoms with E-state index in [-0.39, 0.29) is 12.7 Å². The molecule has 0 aromatic heterocycles. The van der Waals surface area contributed by atoms with Gasteiger partial charge in [0.2, 0.25) is 0 Å². The highest BCUT2D eigenvalue weighted by Gasteiger charge is 2.36. The number of ether oxygens (including phenoxy) is 1. The molecule has 0 saturated heterocycles. The quantitative estimate of drug-likeness (QED) is 0.778. The van der Waals surface area contributed by atoms with E-state index in [1.807, 2.05) is 13.0 Å². The molecule has 18 heavy (non-hydrogen) atoms.